The van der Waals surface area contributed by atoms with Gasteiger partial charge in [-0.3, -0.25) is 4.90 Å². The highest BCUT2D eigenvalue weighted by Gasteiger charge is 2.20. The van der Waals surface area contributed by atoms with Crippen molar-refractivity contribution >= 4 is 5.57 Å². The number of hydrogen-bond donors (Lipinski definition) is 0. The van der Waals surface area contributed by atoms with Crippen LogP contribution < -0.4 is 4.74 Å². The second-order valence-corrected chi connectivity index (χ2v) is 7.23. The molecule has 2 aromatic carbocycles. The second kappa shape index (κ2) is 9.72. The van der Waals surface area contributed by atoms with Gasteiger partial charge in [0.15, 0.2) is 6.79 Å². The molecule has 27 heavy (non-hydrogen) atoms. The van der Waals surface area contributed by atoms with E-state index in [4.69, 9.17) is 9.47 Å². The van der Waals surface area contributed by atoms with Crippen LogP contribution >= 0.6 is 0 Å². The van der Waals surface area contributed by atoms with E-state index in [0.717, 1.165) is 24.3 Å². The van der Waals surface area contributed by atoms with E-state index in [2.05, 4.69) is 73.5 Å². The molecule has 144 valence electrons. The summed E-state index contributed by atoms with van der Waals surface area (Å²) in [6, 6.07) is 17.6. The summed E-state index contributed by atoms with van der Waals surface area (Å²) in [6.45, 7) is 3.60. The maximum atomic E-state index is 5.93. The number of benzene rings is 2. The van der Waals surface area contributed by atoms with Crippen LogP contribution in [-0.2, 0) is 11.2 Å². The molecule has 1 atom stereocenters. The quantitative estimate of drug-likeness (QED) is 0.634. The molecule has 0 aliphatic carbocycles. The summed E-state index contributed by atoms with van der Waals surface area (Å²) in [5.74, 6) is 0.877. The van der Waals surface area contributed by atoms with Crippen molar-refractivity contribution in [2.24, 2.45) is 0 Å². The van der Waals surface area contributed by atoms with Gasteiger partial charge in [-0.05, 0) is 61.7 Å². The summed E-state index contributed by atoms with van der Waals surface area (Å²) >= 11 is 0. The Hall–Kier alpha value is -2.10. The van der Waals surface area contributed by atoms with Gasteiger partial charge in [0, 0.05) is 18.7 Å². The molecule has 0 amide bonds. The molecule has 1 fully saturated rings. The van der Waals surface area contributed by atoms with Gasteiger partial charge in [0.05, 0.1) is 0 Å². The van der Waals surface area contributed by atoms with Crippen LogP contribution in [0.1, 0.15) is 42.9 Å². The second-order valence-electron chi connectivity index (χ2n) is 7.23. The highest BCUT2D eigenvalue weighted by Crippen LogP contribution is 2.34. The highest BCUT2D eigenvalue weighted by atomic mass is 16.7. The third kappa shape index (κ3) is 5.00. The molecule has 2 aromatic rings. The summed E-state index contributed by atoms with van der Waals surface area (Å²) in [5, 5.41) is 0. The third-order valence-electron chi connectivity index (χ3n) is 5.35. The van der Waals surface area contributed by atoms with Gasteiger partial charge in [-0.15, -0.1) is 0 Å². The first-order chi connectivity index (χ1) is 13.2. The van der Waals surface area contributed by atoms with Crippen LogP contribution in [0.4, 0.5) is 0 Å². The molecule has 3 rings (SSSR count). The van der Waals surface area contributed by atoms with E-state index >= 15 is 0 Å². The molecule has 0 spiro atoms. The van der Waals surface area contributed by atoms with Crippen molar-refractivity contribution < 1.29 is 9.47 Å². The van der Waals surface area contributed by atoms with Crippen LogP contribution in [-0.4, -0.2) is 38.4 Å². The Kier molecular flexibility index (Phi) is 7.08. The molecule has 1 unspecified atom stereocenters. The van der Waals surface area contributed by atoms with Crippen LogP contribution in [0, 0.1) is 0 Å². The van der Waals surface area contributed by atoms with E-state index in [1.165, 1.54) is 36.0 Å². The van der Waals surface area contributed by atoms with Gasteiger partial charge in [0.1, 0.15) is 5.75 Å². The SMILES string of the molecule is CCc1ccc(OCOC)c(C(=CC2CCCCN2C)c2ccccc2)c1. The largest absolute Gasteiger partial charge is 0.467 e. The van der Waals surface area contributed by atoms with Gasteiger partial charge < -0.3 is 9.47 Å². The number of nitrogens with zero attached hydrogens (tertiary/aromatic N) is 1. The van der Waals surface area contributed by atoms with E-state index in [0.29, 0.717) is 6.04 Å². The monoisotopic (exact) mass is 365 g/mol. The van der Waals surface area contributed by atoms with Gasteiger partial charge in [-0.25, -0.2) is 0 Å². The molecule has 0 aromatic heterocycles. The molecular weight excluding hydrogens is 334 g/mol. The minimum absolute atomic E-state index is 0.254. The van der Waals surface area contributed by atoms with Crippen LogP contribution in [0.3, 0.4) is 0 Å². The predicted octanol–water partition coefficient (Wildman–Crippen LogP) is 5.15. The van der Waals surface area contributed by atoms with Gasteiger partial charge >= 0.3 is 0 Å². The Morgan fingerprint density at radius 3 is 2.67 bits per heavy atom. The fraction of sp³-hybridized carbons (Fsp3) is 0.417. The van der Waals surface area contributed by atoms with Crippen molar-refractivity contribution in [3.05, 3.63) is 71.3 Å². The zero-order valence-corrected chi connectivity index (χ0v) is 16.8. The lowest BCUT2D eigenvalue weighted by Crippen LogP contribution is -2.34. The first-order valence-corrected chi connectivity index (χ1v) is 9.95. The number of likely N-dealkylation sites (tertiary alicyclic amines) is 1. The van der Waals surface area contributed by atoms with Crippen molar-refractivity contribution in [1.29, 1.82) is 0 Å². The third-order valence-corrected chi connectivity index (χ3v) is 5.35. The van der Waals surface area contributed by atoms with Gasteiger partial charge in [0.25, 0.3) is 0 Å². The smallest absolute Gasteiger partial charge is 0.188 e. The number of piperidine rings is 1. The summed E-state index contributed by atoms with van der Waals surface area (Å²) in [5.41, 5.74) is 4.94. The predicted molar refractivity (Wildman–Crippen MR) is 112 cm³/mol. The van der Waals surface area contributed by atoms with Crippen molar-refractivity contribution in [2.75, 3.05) is 27.5 Å². The Bertz CT molecular complexity index is 754. The number of hydrogen-bond acceptors (Lipinski definition) is 3. The van der Waals surface area contributed by atoms with Crippen molar-refractivity contribution in [2.45, 2.75) is 38.6 Å². The van der Waals surface area contributed by atoms with Crippen LogP contribution in [0.5, 0.6) is 5.75 Å². The van der Waals surface area contributed by atoms with E-state index < -0.39 is 0 Å². The van der Waals surface area contributed by atoms with E-state index in [-0.39, 0.29) is 6.79 Å². The summed E-state index contributed by atoms with van der Waals surface area (Å²) in [7, 11) is 3.89. The van der Waals surface area contributed by atoms with E-state index in [1.54, 1.807) is 7.11 Å². The molecule has 1 heterocycles. The summed E-state index contributed by atoms with van der Waals surface area (Å²) in [4.78, 5) is 2.46. The number of ether oxygens (including phenoxy) is 2. The molecule has 0 bridgehead atoms. The molecule has 1 saturated heterocycles. The summed E-state index contributed by atoms with van der Waals surface area (Å²) < 4.78 is 11.1. The Balaban J connectivity index is 2.09. The molecule has 0 saturated carbocycles. The van der Waals surface area contributed by atoms with Crippen LogP contribution in [0.2, 0.25) is 0 Å². The fourth-order valence-electron chi connectivity index (χ4n) is 3.72. The van der Waals surface area contributed by atoms with Crippen molar-refractivity contribution in [1.82, 2.24) is 4.90 Å². The number of likely N-dealkylation sites (N-methyl/N-ethyl adjacent to an activating group) is 1. The van der Waals surface area contributed by atoms with Gasteiger partial charge in [-0.1, -0.05) is 55.8 Å². The molecule has 1 aliphatic heterocycles. The van der Waals surface area contributed by atoms with Crippen LogP contribution in [0.25, 0.3) is 5.57 Å². The van der Waals surface area contributed by atoms with Gasteiger partial charge in [-0.2, -0.15) is 0 Å². The number of rotatable bonds is 7. The first-order valence-electron chi connectivity index (χ1n) is 9.95. The van der Waals surface area contributed by atoms with Crippen molar-refractivity contribution in [3.63, 3.8) is 0 Å². The Morgan fingerprint density at radius 2 is 1.96 bits per heavy atom. The minimum Gasteiger partial charge on any atom is -0.467 e. The van der Waals surface area contributed by atoms with E-state index in [9.17, 15) is 0 Å². The number of methoxy groups -OCH3 is 1. The van der Waals surface area contributed by atoms with Gasteiger partial charge in [0.2, 0.25) is 0 Å². The molecule has 0 radical (unpaired) electrons. The molecule has 1 aliphatic rings. The summed E-state index contributed by atoms with van der Waals surface area (Å²) in [6.07, 6.45) is 7.21. The fourth-order valence-corrected chi connectivity index (χ4v) is 3.72. The minimum atomic E-state index is 0.254. The lowest BCUT2D eigenvalue weighted by atomic mass is 9.91. The molecule has 3 nitrogen and oxygen atoms in total. The van der Waals surface area contributed by atoms with E-state index in [1.807, 2.05) is 0 Å². The highest BCUT2D eigenvalue weighted by molar-refractivity contribution is 5.83. The Morgan fingerprint density at radius 1 is 1.15 bits per heavy atom. The zero-order chi connectivity index (χ0) is 19.1. The maximum absolute atomic E-state index is 5.93. The maximum Gasteiger partial charge on any atom is 0.188 e. The molecular formula is C24H31NO2. The molecule has 3 heteroatoms. The first kappa shape index (κ1) is 19.7. The standard InChI is InChI=1S/C24H31NO2/c1-4-19-13-14-24(27-18-26-3)23(16-19)22(20-10-6-5-7-11-20)17-21-12-8-9-15-25(21)2/h5-7,10-11,13-14,16-17,21H,4,8-9,12,15,18H2,1-3H3. The topological polar surface area (TPSA) is 21.7 Å². The lowest BCUT2D eigenvalue weighted by Gasteiger charge is -2.31. The zero-order valence-electron chi connectivity index (χ0n) is 16.8. The normalized spacial score (nSPS) is 18.5. The van der Waals surface area contributed by atoms with Crippen molar-refractivity contribution in [3.8, 4) is 5.75 Å². The average molecular weight is 366 g/mol. The molecule has 0 N–H and O–H groups in total. The average Bonchev–Trinajstić information content (AvgIpc) is 2.72. The number of aryl methyl sites for hydroxylation is 1. The van der Waals surface area contributed by atoms with Crippen LogP contribution in [0.15, 0.2) is 54.6 Å². The lowest BCUT2D eigenvalue weighted by molar-refractivity contribution is 0.0509. The Labute approximate surface area is 163 Å².